The van der Waals surface area contributed by atoms with Gasteiger partial charge in [0, 0.05) is 18.2 Å². The van der Waals surface area contributed by atoms with Crippen molar-refractivity contribution in [2.75, 3.05) is 19.7 Å². The molecule has 1 aliphatic heterocycles. The van der Waals surface area contributed by atoms with Gasteiger partial charge in [-0.2, -0.15) is 0 Å². The van der Waals surface area contributed by atoms with Crippen LogP contribution in [0.4, 0.5) is 0 Å². The number of likely N-dealkylation sites (tertiary alicyclic amines) is 1. The molecule has 120 valence electrons. The van der Waals surface area contributed by atoms with Gasteiger partial charge in [0.2, 0.25) is 0 Å². The third-order valence-electron chi connectivity index (χ3n) is 4.23. The lowest BCUT2D eigenvalue weighted by atomic mass is 9.92. The molecule has 3 heteroatoms. The first kappa shape index (κ1) is 16.9. The number of rotatable bonds is 4. The topological polar surface area (TPSA) is 32.7 Å². The zero-order valence-corrected chi connectivity index (χ0v) is 13.9. The van der Waals surface area contributed by atoms with Gasteiger partial charge in [-0.3, -0.25) is 4.90 Å². The normalized spacial score (nSPS) is 25.4. The fraction of sp³-hybridized carbons (Fsp3) is 0.579. The lowest BCUT2D eigenvalue weighted by Crippen LogP contribution is -2.47. The number of benzene rings is 1. The maximum atomic E-state index is 9.88. The molecule has 1 saturated heterocycles. The number of nitrogens with zero attached hydrogens (tertiary/aromatic N) is 1. The molecule has 3 atom stereocenters. The van der Waals surface area contributed by atoms with Crippen molar-refractivity contribution in [2.45, 2.75) is 45.8 Å². The van der Waals surface area contributed by atoms with Crippen molar-refractivity contribution in [1.29, 1.82) is 0 Å². The summed E-state index contributed by atoms with van der Waals surface area (Å²) < 4.78 is 5.57. The second-order valence-electron chi connectivity index (χ2n) is 6.23. The SMILES string of the molecule is CCCOc1ccc(C#CCN2CC(C)C(O)CC2C)cc1. The van der Waals surface area contributed by atoms with E-state index < -0.39 is 0 Å². The summed E-state index contributed by atoms with van der Waals surface area (Å²) >= 11 is 0. The van der Waals surface area contributed by atoms with Crippen LogP contribution in [0.25, 0.3) is 0 Å². The summed E-state index contributed by atoms with van der Waals surface area (Å²) in [5.74, 6) is 7.69. The van der Waals surface area contributed by atoms with Crippen LogP contribution in [0.1, 0.15) is 39.2 Å². The minimum absolute atomic E-state index is 0.171. The zero-order valence-electron chi connectivity index (χ0n) is 13.9. The third kappa shape index (κ3) is 4.76. The van der Waals surface area contributed by atoms with E-state index in [0.717, 1.165) is 43.9 Å². The van der Waals surface area contributed by atoms with Crippen LogP contribution >= 0.6 is 0 Å². The van der Waals surface area contributed by atoms with Crippen LogP contribution in [-0.4, -0.2) is 41.8 Å². The van der Waals surface area contributed by atoms with Crippen molar-refractivity contribution < 1.29 is 9.84 Å². The number of aliphatic hydroxyl groups is 1. The average Bonchev–Trinajstić information content (AvgIpc) is 2.51. The van der Waals surface area contributed by atoms with E-state index in [1.165, 1.54) is 0 Å². The summed E-state index contributed by atoms with van der Waals surface area (Å²) in [6, 6.07) is 8.35. The van der Waals surface area contributed by atoms with Crippen molar-refractivity contribution in [3.05, 3.63) is 29.8 Å². The van der Waals surface area contributed by atoms with Crippen LogP contribution in [0.5, 0.6) is 5.75 Å². The molecule has 0 amide bonds. The van der Waals surface area contributed by atoms with Gasteiger partial charge < -0.3 is 9.84 Å². The van der Waals surface area contributed by atoms with Crippen molar-refractivity contribution in [1.82, 2.24) is 4.90 Å². The second kappa shape index (κ2) is 8.22. The predicted molar refractivity (Wildman–Crippen MR) is 89.9 cm³/mol. The maximum absolute atomic E-state index is 9.88. The Morgan fingerprint density at radius 1 is 1.27 bits per heavy atom. The van der Waals surface area contributed by atoms with Gasteiger partial charge in [0.25, 0.3) is 0 Å². The molecule has 1 aromatic rings. The molecule has 0 radical (unpaired) electrons. The molecular formula is C19H27NO2. The van der Waals surface area contributed by atoms with Crippen molar-refractivity contribution in [2.24, 2.45) is 5.92 Å². The quantitative estimate of drug-likeness (QED) is 0.868. The summed E-state index contributed by atoms with van der Waals surface area (Å²) in [4.78, 5) is 2.35. The molecule has 1 aliphatic rings. The first-order valence-electron chi connectivity index (χ1n) is 8.24. The van der Waals surface area contributed by atoms with E-state index in [-0.39, 0.29) is 6.10 Å². The van der Waals surface area contributed by atoms with Gasteiger partial charge in [0.05, 0.1) is 19.3 Å². The average molecular weight is 301 g/mol. The van der Waals surface area contributed by atoms with E-state index in [2.05, 4.69) is 37.5 Å². The molecular weight excluding hydrogens is 274 g/mol. The van der Waals surface area contributed by atoms with Crippen LogP contribution in [-0.2, 0) is 0 Å². The van der Waals surface area contributed by atoms with Crippen molar-refractivity contribution >= 4 is 0 Å². The molecule has 0 aromatic heterocycles. The summed E-state index contributed by atoms with van der Waals surface area (Å²) in [7, 11) is 0. The van der Waals surface area contributed by atoms with Gasteiger partial charge in [-0.25, -0.2) is 0 Å². The highest BCUT2D eigenvalue weighted by atomic mass is 16.5. The molecule has 1 N–H and O–H groups in total. The zero-order chi connectivity index (χ0) is 15.9. The number of ether oxygens (including phenoxy) is 1. The molecule has 3 unspecified atom stereocenters. The Bertz CT molecular complexity index is 514. The Balaban J connectivity index is 1.88. The summed E-state index contributed by atoms with van der Waals surface area (Å²) in [6.07, 6.45) is 1.68. The molecule has 0 saturated carbocycles. The van der Waals surface area contributed by atoms with Crippen LogP contribution in [0, 0.1) is 17.8 Å². The number of hydrogen-bond acceptors (Lipinski definition) is 3. The molecule has 0 aliphatic carbocycles. The highest BCUT2D eigenvalue weighted by Crippen LogP contribution is 2.21. The molecule has 0 spiro atoms. The summed E-state index contributed by atoms with van der Waals surface area (Å²) in [5.41, 5.74) is 1.02. The molecule has 0 bridgehead atoms. The summed E-state index contributed by atoms with van der Waals surface area (Å²) in [5, 5.41) is 9.88. The summed E-state index contributed by atoms with van der Waals surface area (Å²) in [6.45, 7) is 8.79. The van der Waals surface area contributed by atoms with Crippen LogP contribution in [0.15, 0.2) is 24.3 Å². The standard InChI is InChI=1S/C19H27NO2/c1-4-12-22-18-9-7-17(8-10-18)6-5-11-20-14-15(2)19(21)13-16(20)3/h7-10,15-16,19,21H,4,11-14H2,1-3H3. The number of hydrogen-bond donors (Lipinski definition) is 1. The van der Waals surface area contributed by atoms with Gasteiger partial charge in [-0.15, -0.1) is 0 Å². The smallest absolute Gasteiger partial charge is 0.119 e. The van der Waals surface area contributed by atoms with E-state index in [1.807, 2.05) is 24.3 Å². The maximum Gasteiger partial charge on any atom is 0.119 e. The number of piperidine rings is 1. The lowest BCUT2D eigenvalue weighted by Gasteiger charge is -2.38. The number of aliphatic hydroxyl groups excluding tert-OH is 1. The van der Waals surface area contributed by atoms with Gasteiger partial charge in [-0.1, -0.05) is 25.7 Å². The Labute approximate surface area is 134 Å². The first-order valence-corrected chi connectivity index (χ1v) is 8.24. The van der Waals surface area contributed by atoms with Gasteiger partial charge in [-0.05, 0) is 49.9 Å². The monoisotopic (exact) mass is 301 g/mol. The molecule has 22 heavy (non-hydrogen) atoms. The van der Waals surface area contributed by atoms with Gasteiger partial charge in [0.1, 0.15) is 5.75 Å². The third-order valence-corrected chi connectivity index (χ3v) is 4.23. The molecule has 1 fully saturated rings. The molecule has 1 aromatic carbocycles. The highest BCUT2D eigenvalue weighted by Gasteiger charge is 2.28. The van der Waals surface area contributed by atoms with E-state index in [0.29, 0.717) is 12.0 Å². The van der Waals surface area contributed by atoms with Crippen LogP contribution in [0.2, 0.25) is 0 Å². The van der Waals surface area contributed by atoms with Crippen LogP contribution in [0.3, 0.4) is 0 Å². The van der Waals surface area contributed by atoms with Crippen LogP contribution < -0.4 is 4.74 Å². The Morgan fingerprint density at radius 2 is 2.00 bits per heavy atom. The fourth-order valence-electron chi connectivity index (χ4n) is 2.72. The highest BCUT2D eigenvalue weighted by molar-refractivity contribution is 5.38. The predicted octanol–water partition coefficient (Wildman–Crippen LogP) is 2.92. The fourth-order valence-corrected chi connectivity index (χ4v) is 2.72. The van der Waals surface area contributed by atoms with E-state index in [4.69, 9.17) is 4.74 Å². The van der Waals surface area contributed by atoms with E-state index in [9.17, 15) is 5.11 Å². The lowest BCUT2D eigenvalue weighted by molar-refractivity contribution is 0.0118. The largest absolute Gasteiger partial charge is 0.494 e. The van der Waals surface area contributed by atoms with E-state index >= 15 is 0 Å². The van der Waals surface area contributed by atoms with Gasteiger partial charge in [0.15, 0.2) is 0 Å². The molecule has 2 rings (SSSR count). The van der Waals surface area contributed by atoms with Gasteiger partial charge >= 0.3 is 0 Å². The minimum atomic E-state index is -0.171. The Morgan fingerprint density at radius 3 is 2.68 bits per heavy atom. The first-order chi connectivity index (χ1) is 10.6. The van der Waals surface area contributed by atoms with Crippen molar-refractivity contribution in [3.8, 4) is 17.6 Å². The minimum Gasteiger partial charge on any atom is -0.494 e. The Hall–Kier alpha value is -1.50. The Kier molecular flexibility index (Phi) is 6.30. The molecule has 1 heterocycles. The van der Waals surface area contributed by atoms with Crippen molar-refractivity contribution in [3.63, 3.8) is 0 Å². The molecule has 3 nitrogen and oxygen atoms in total. The van der Waals surface area contributed by atoms with E-state index in [1.54, 1.807) is 0 Å². The second-order valence-corrected chi connectivity index (χ2v) is 6.23.